The number of nitrogens with zero attached hydrogens (tertiary/aromatic N) is 2. The van der Waals surface area contributed by atoms with Crippen molar-refractivity contribution in [3.05, 3.63) is 24.0 Å². The van der Waals surface area contributed by atoms with Crippen LogP contribution in [0.4, 0.5) is 20.2 Å². The predicted octanol–water partition coefficient (Wildman–Crippen LogP) is 2.48. The minimum Gasteiger partial charge on any atom is -0.380 e. The van der Waals surface area contributed by atoms with E-state index in [1.54, 1.807) is 0 Å². The Hall–Kier alpha value is -2.71. The second-order valence-corrected chi connectivity index (χ2v) is 6.88. The number of amides is 2. The third kappa shape index (κ3) is 4.04. The van der Waals surface area contributed by atoms with Crippen molar-refractivity contribution in [2.75, 3.05) is 10.6 Å². The van der Waals surface area contributed by atoms with Gasteiger partial charge in [0.05, 0.1) is 34.8 Å². The fraction of sp³-hybridized carbons (Fsp3) is 0.438. The van der Waals surface area contributed by atoms with Gasteiger partial charge in [0.1, 0.15) is 0 Å². The van der Waals surface area contributed by atoms with Gasteiger partial charge in [0.2, 0.25) is 0 Å². The van der Waals surface area contributed by atoms with Gasteiger partial charge >= 0.3 is 6.43 Å². The maximum Gasteiger partial charge on any atom is 0.315 e. The van der Waals surface area contributed by atoms with Gasteiger partial charge in [-0.3, -0.25) is 9.59 Å². The van der Waals surface area contributed by atoms with Crippen LogP contribution in [0.25, 0.3) is 5.52 Å². The van der Waals surface area contributed by atoms with E-state index in [1.165, 1.54) is 23.0 Å². The number of hydrogen-bond donors (Lipinski definition) is 3. The van der Waals surface area contributed by atoms with E-state index in [-0.39, 0.29) is 22.7 Å². The molecule has 9 heteroatoms. The van der Waals surface area contributed by atoms with E-state index in [9.17, 15) is 18.4 Å². The number of hydrogen-bond acceptors (Lipinski definition) is 4. The van der Waals surface area contributed by atoms with Crippen molar-refractivity contribution in [3.8, 4) is 0 Å². The molecule has 0 radical (unpaired) electrons. The van der Waals surface area contributed by atoms with Crippen LogP contribution in [0, 0.1) is 5.41 Å². The lowest BCUT2D eigenvalue weighted by Gasteiger charge is -2.29. The van der Waals surface area contributed by atoms with Crippen LogP contribution in [-0.2, 0) is 4.79 Å². The molecule has 2 aromatic heterocycles. The molecule has 2 amide bonds. The lowest BCUT2D eigenvalue weighted by molar-refractivity contribution is -0.126. The van der Waals surface area contributed by atoms with E-state index in [1.807, 2.05) is 27.7 Å². The first-order valence-corrected chi connectivity index (χ1v) is 7.67. The number of halogens is 2. The number of primary amides is 1. The molecule has 0 aliphatic rings. The average molecular weight is 353 g/mol. The zero-order valence-corrected chi connectivity index (χ0v) is 14.4. The Morgan fingerprint density at radius 1 is 1.32 bits per heavy atom. The summed E-state index contributed by atoms with van der Waals surface area (Å²) in [6, 6.07) is 1.42. The summed E-state index contributed by atoms with van der Waals surface area (Å²) < 4.78 is 26.2. The van der Waals surface area contributed by atoms with Crippen molar-refractivity contribution in [1.29, 1.82) is 0 Å². The van der Waals surface area contributed by atoms with E-state index in [2.05, 4.69) is 15.7 Å². The van der Waals surface area contributed by atoms with Gasteiger partial charge in [-0.15, -0.1) is 0 Å². The topological polar surface area (TPSA) is 102 Å². The number of anilines is 2. The number of alkyl halides is 2. The SMILES string of the molecule is C[C@@H](Nc1c(C(N)=O)cnn2cc(NC(=O)C(F)F)cc12)C(C)(C)C. The molecule has 2 heterocycles. The summed E-state index contributed by atoms with van der Waals surface area (Å²) >= 11 is 0. The smallest absolute Gasteiger partial charge is 0.315 e. The number of carbonyl (C=O) groups is 2. The number of fused-ring (bicyclic) bond motifs is 1. The van der Waals surface area contributed by atoms with Crippen molar-refractivity contribution in [3.63, 3.8) is 0 Å². The normalized spacial score (nSPS) is 13.1. The Balaban J connectivity index is 2.51. The van der Waals surface area contributed by atoms with E-state index >= 15 is 0 Å². The lowest BCUT2D eigenvalue weighted by Crippen LogP contribution is -2.32. The zero-order chi connectivity index (χ0) is 18.9. The molecule has 0 aromatic carbocycles. The van der Waals surface area contributed by atoms with Gasteiger partial charge in [0, 0.05) is 6.04 Å². The van der Waals surface area contributed by atoms with Crippen molar-refractivity contribution >= 4 is 28.7 Å². The highest BCUT2D eigenvalue weighted by molar-refractivity contribution is 6.03. The Morgan fingerprint density at radius 2 is 1.96 bits per heavy atom. The third-order valence-corrected chi connectivity index (χ3v) is 4.03. The van der Waals surface area contributed by atoms with E-state index < -0.39 is 18.2 Å². The van der Waals surface area contributed by atoms with Crippen molar-refractivity contribution in [2.24, 2.45) is 11.1 Å². The van der Waals surface area contributed by atoms with Gasteiger partial charge in [-0.05, 0) is 18.4 Å². The summed E-state index contributed by atoms with van der Waals surface area (Å²) in [4.78, 5) is 22.9. The van der Waals surface area contributed by atoms with Crippen LogP contribution in [0.15, 0.2) is 18.5 Å². The molecule has 0 spiro atoms. The van der Waals surface area contributed by atoms with Crippen molar-refractivity contribution in [2.45, 2.75) is 40.2 Å². The number of nitrogens with one attached hydrogen (secondary N) is 2. The van der Waals surface area contributed by atoms with Crippen LogP contribution in [0.2, 0.25) is 0 Å². The summed E-state index contributed by atoms with van der Waals surface area (Å²) in [6.45, 7) is 8.03. The van der Waals surface area contributed by atoms with Crippen molar-refractivity contribution in [1.82, 2.24) is 9.61 Å². The summed E-state index contributed by atoms with van der Waals surface area (Å²) in [5, 5.41) is 9.38. The van der Waals surface area contributed by atoms with Gasteiger partial charge in [-0.1, -0.05) is 20.8 Å². The minimum atomic E-state index is -3.13. The standard InChI is InChI=1S/C16H21F2N5O2/c1-8(16(2,3)4)21-12-10(14(19)24)6-20-23-7-9(5-11(12)23)22-15(25)13(17)18/h5-8,13,21H,1-4H3,(H2,19,24)(H,22,25)/t8-/m1/s1. The number of nitrogens with two attached hydrogens (primary N) is 1. The molecule has 25 heavy (non-hydrogen) atoms. The van der Waals surface area contributed by atoms with Gasteiger partial charge in [0.15, 0.2) is 0 Å². The van der Waals surface area contributed by atoms with E-state index in [4.69, 9.17) is 5.73 Å². The van der Waals surface area contributed by atoms with Gasteiger partial charge in [-0.2, -0.15) is 13.9 Å². The number of rotatable bonds is 5. The Kier molecular flexibility index (Phi) is 4.96. The molecule has 0 bridgehead atoms. The Bertz CT molecular complexity index is 811. The van der Waals surface area contributed by atoms with Crippen LogP contribution in [-0.4, -0.2) is 33.9 Å². The molecule has 0 fully saturated rings. The second-order valence-electron chi connectivity index (χ2n) is 6.88. The monoisotopic (exact) mass is 353 g/mol. The first-order chi connectivity index (χ1) is 11.5. The molecule has 1 atom stereocenters. The molecule has 0 unspecified atom stereocenters. The highest BCUT2D eigenvalue weighted by Crippen LogP contribution is 2.29. The summed E-state index contributed by atoms with van der Waals surface area (Å²) in [7, 11) is 0. The summed E-state index contributed by atoms with van der Waals surface area (Å²) in [5.41, 5.74) is 6.50. The van der Waals surface area contributed by atoms with Crippen molar-refractivity contribution < 1.29 is 18.4 Å². The molecule has 0 saturated heterocycles. The minimum absolute atomic E-state index is 0.0363. The highest BCUT2D eigenvalue weighted by Gasteiger charge is 2.24. The van der Waals surface area contributed by atoms with Crippen LogP contribution >= 0.6 is 0 Å². The maximum absolute atomic E-state index is 12.4. The fourth-order valence-electron chi connectivity index (χ4n) is 2.09. The molecule has 2 rings (SSSR count). The molecular weight excluding hydrogens is 332 g/mol. The molecule has 2 aromatic rings. The molecule has 4 N–H and O–H groups in total. The van der Waals surface area contributed by atoms with Crippen LogP contribution in [0.3, 0.4) is 0 Å². The molecule has 0 aliphatic heterocycles. The molecular formula is C16H21F2N5O2. The predicted molar refractivity (Wildman–Crippen MR) is 90.9 cm³/mol. The molecule has 7 nitrogen and oxygen atoms in total. The first kappa shape index (κ1) is 18.6. The number of aromatic nitrogens is 2. The van der Waals surface area contributed by atoms with Gasteiger partial charge in [0.25, 0.3) is 11.8 Å². The third-order valence-electron chi connectivity index (χ3n) is 4.03. The first-order valence-electron chi connectivity index (χ1n) is 7.67. The summed E-state index contributed by atoms with van der Waals surface area (Å²) in [5.74, 6) is -2.08. The fourth-order valence-corrected chi connectivity index (χ4v) is 2.09. The summed E-state index contributed by atoms with van der Waals surface area (Å²) in [6.07, 6.45) is -0.449. The quantitative estimate of drug-likeness (QED) is 0.768. The second kappa shape index (κ2) is 6.66. The highest BCUT2D eigenvalue weighted by atomic mass is 19.3. The van der Waals surface area contributed by atoms with Crippen LogP contribution in [0.1, 0.15) is 38.1 Å². The largest absolute Gasteiger partial charge is 0.380 e. The van der Waals surface area contributed by atoms with Crippen LogP contribution < -0.4 is 16.4 Å². The Labute approximate surface area is 143 Å². The molecule has 0 aliphatic carbocycles. The average Bonchev–Trinajstić information content (AvgIpc) is 2.88. The zero-order valence-electron chi connectivity index (χ0n) is 14.4. The molecule has 136 valence electrons. The van der Waals surface area contributed by atoms with Gasteiger partial charge in [-0.25, -0.2) is 4.52 Å². The lowest BCUT2D eigenvalue weighted by atomic mass is 9.88. The van der Waals surface area contributed by atoms with Gasteiger partial charge < -0.3 is 16.4 Å². The van der Waals surface area contributed by atoms with Crippen LogP contribution in [0.5, 0.6) is 0 Å². The number of carbonyl (C=O) groups excluding carboxylic acids is 2. The Morgan fingerprint density at radius 3 is 2.48 bits per heavy atom. The van der Waals surface area contributed by atoms with E-state index in [0.29, 0.717) is 11.2 Å². The van der Waals surface area contributed by atoms with E-state index in [0.717, 1.165) is 0 Å². The molecule has 0 saturated carbocycles. The maximum atomic E-state index is 12.4.